The van der Waals surface area contributed by atoms with E-state index in [4.69, 9.17) is 4.74 Å². The van der Waals surface area contributed by atoms with E-state index in [1.165, 1.54) is 64.7 Å². The van der Waals surface area contributed by atoms with E-state index in [0.29, 0.717) is 35.4 Å². The van der Waals surface area contributed by atoms with Crippen molar-refractivity contribution in [3.05, 3.63) is 0 Å². The Balaban J connectivity index is 1.47. The van der Waals surface area contributed by atoms with Gasteiger partial charge in [0.25, 0.3) is 0 Å². The number of ether oxygens (including phenoxy) is 1. The van der Waals surface area contributed by atoms with Crippen molar-refractivity contribution in [3.8, 4) is 0 Å². The molecule has 0 radical (unpaired) electrons. The van der Waals surface area contributed by atoms with Gasteiger partial charge in [0.2, 0.25) is 0 Å². The Kier molecular flexibility index (Phi) is 7.14. The molecular formula is C29H48O3. The van der Waals surface area contributed by atoms with Crippen LogP contribution in [-0.2, 0) is 14.3 Å². The quantitative estimate of drug-likeness (QED) is 0.304. The third-order valence-corrected chi connectivity index (χ3v) is 11.1. The highest BCUT2D eigenvalue weighted by atomic mass is 16.5. The van der Waals surface area contributed by atoms with E-state index in [9.17, 15) is 9.59 Å². The minimum Gasteiger partial charge on any atom is -0.463 e. The van der Waals surface area contributed by atoms with Crippen LogP contribution in [0.25, 0.3) is 0 Å². The van der Waals surface area contributed by atoms with Crippen LogP contribution in [0.1, 0.15) is 118 Å². The summed E-state index contributed by atoms with van der Waals surface area (Å²) in [7, 11) is 0. The Hall–Kier alpha value is -0.860. The predicted molar refractivity (Wildman–Crippen MR) is 129 cm³/mol. The first kappa shape index (κ1) is 24.3. The van der Waals surface area contributed by atoms with Crippen LogP contribution in [0.2, 0.25) is 0 Å². The summed E-state index contributed by atoms with van der Waals surface area (Å²) in [6.07, 6.45) is 15.7. The number of carbonyl (C=O) groups excluding carboxylic acids is 2. The Morgan fingerprint density at radius 1 is 1.06 bits per heavy atom. The van der Waals surface area contributed by atoms with Gasteiger partial charge in [-0.1, -0.05) is 59.8 Å². The Labute approximate surface area is 196 Å². The molecule has 3 nitrogen and oxygen atoms in total. The maximum Gasteiger partial charge on any atom is 0.302 e. The maximum atomic E-state index is 13.9. The van der Waals surface area contributed by atoms with Gasteiger partial charge in [0, 0.05) is 18.8 Å². The molecule has 3 heteroatoms. The van der Waals surface area contributed by atoms with Crippen molar-refractivity contribution in [1.82, 2.24) is 0 Å². The molecule has 0 spiro atoms. The van der Waals surface area contributed by atoms with Crippen LogP contribution in [0.5, 0.6) is 0 Å². The van der Waals surface area contributed by atoms with Gasteiger partial charge in [-0.05, 0) is 85.9 Å². The van der Waals surface area contributed by atoms with E-state index in [2.05, 4.69) is 27.7 Å². The zero-order valence-electron chi connectivity index (χ0n) is 21.5. The first-order valence-electron chi connectivity index (χ1n) is 13.9. The van der Waals surface area contributed by atoms with E-state index in [1.807, 2.05) is 0 Å². The van der Waals surface area contributed by atoms with Crippen LogP contribution in [0.15, 0.2) is 0 Å². The molecular weight excluding hydrogens is 396 g/mol. The Morgan fingerprint density at radius 2 is 1.84 bits per heavy atom. The fourth-order valence-electron chi connectivity index (χ4n) is 9.30. The number of hydrogen-bond acceptors (Lipinski definition) is 3. The number of rotatable bonds is 7. The van der Waals surface area contributed by atoms with Crippen molar-refractivity contribution in [2.45, 2.75) is 124 Å². The zero-order valence-corrected chi connectivity index (χ0v) is 21.5. The first-order chi connectivity index (χ1) is 15.2. The zero-order chi connectivity index (χ0) is 23.1. The minimum atomic E-state index is -0.142. The molecule has 4 fully saturated rings. The van der Waals surface area contributed by atoms with Crippen LogP contribution in [0.4, 0.5) is 0 Å². The Morgan fingerprint density at radius 3 is 2.56 bits per heavy atom. The lowest BCUT2D eigenvalue weighted by Crippen LogP contribution is -2.57. The van der Waals surface area contributed by atoms with Gasteiger partial charge in [0.1, 0.15) is 11.9 Å². The lowest BCUT2D eigenvalue weighted by Gasteiger charge is -2.60. The number of carbonyl (C=O) groups is 2. The molecule has 4 aliphatic rings. The van der Waals surface area contributed by atoms with Gasteiger partial charge in [-0.2, -0.15) is 0 Å². The van der Waals surface area contributed by atoms with Gasteiger partial charge in [-0.25, -0.2) is 0 Å². The molecule has 0 saturated heterocycles. The highest BCUT2D eigenvalue weighted by molar-refractivity contribution is 5.87. The average Bonchev–Trinajstić information content (AvgIpc) is 3.11. The molecule has 0 bridgehead atoms. The summed E-state index contributed by atoms with van der Waals surface area (Å²) in [5.41, 5.74) is 0.171. The fraction of sp³-hybridized carbons (Fsp3) is 0.931. The molecule has 0 aromatic carbocycles. The van der Waals surface area contributed by atoms with Crippen molar-refractivity contribution in [1.29, 1.82) is 0 Å². The van der Waals surface area contributed by atoms with Crippen molar-refractivity contribution in [3.63, 3.8) is 0 Å². The van der Waals surface area contributed by atoms with E-state index < -0.39 is 0 Å². The molecule has 9 unspecified atom stereocenters. The van der Waals surface area contributed by atoms with Gasteiger partial charge in [-0.15, -0.1) is 0 Å². The topological polar surface area (TPSA) is 43.4 Å². The predicted octanol–water partition coefficient (Wildman–Crippen LogP) is 7.36. The molecule has 0 N–H and O–H groups in total. The fourth-order valence-corrected chi connectivity index (χ4v) is 9.30. The van der Waals surface area contributed by atoms with Gasteiger partial charge >= 0.3 is 5.97 Å². The molecule has 32 heavy (non-hydrogen) atoms. The van der Waals surface area contributed by atoms with E-state index >= 15 is 0 Å². The lowest BCUT2D eigenvalue weighted by atomic mass is 9.44. The SMILES string of the molecule is CCCCCCC(C)C1CCC2C3CCC4CC(OC(C)=O)CCC4(C)C3CC(=O)C12C. The number of fused-ring (bicyclic) bond motifs is 5. The van der Waals surface area contributed by atoms with Gasteiger partial charge in [-0.3, -0.25) is 9.59 Å². The molecule has 4 rings (SSSR count). The van der Waals surface area contributed by atoms with E-state index in [-0.39, 0.29) is 22.9 Å². The van der Waals surface area contributed by atoms with Crippen molar-refractivity contribution in [2.24, 2.45) is 46.3 Å². The van der Waals surface area contributed by atoms with Crippen LogP contribution in [0, 0.1) is 46.3 Å². The molecule has 0 aliphatic heterocycles. The van der Waals surface area contributed by atoms with Crippen LogP contribution >= 0.6 is 0 Å². The van der Waals surface area contributed by atoms with Crippen LogP contribution in [0.3, 0.4) is 0 Å². The molecule has 0 aromatic rings. The van der Waals surface area contributed by atoms with Crippen molar-refractivity contribution < 1.29 is 14.3 Å². The van der Waals surface area contributed by atoms with Crippen molar-refractivity contribution in [2.75, 3.05) is 0 Å². The number of esters is 1. The van der Waals surface area contributed by atoms with Crippen LogP contribution < -0.4 is 0 Å². The lowest BCUT2D eigenvalue weighted by molar-refractivity contribution is -0.167. The van der Waals surface area contributed by atoms with E-state index in [1.54, 1.807) is 0 Å². The second kappa shape index (κ2) is 9.41. The summed E-state index contributed by atoms with van der Waals surface area (Å²) in [6, 6.07) is 0. The van der Waals surface area contributed by atoms with E-state index in [0.717, 1.165) is 31.6 Å². The maximum absolute atomic E-state index is 13.9. The highest BCUT2D eigenvalue weighted by Crippen LogP contribution is 2.67. The van der Waals surface area contributed by atoms with Gasteiger partial charge in [0.05, 0.1) is 0 Å². The Bertz CT molecular complexity index is 701. The molecule has 0 amide bonds. The summed E-state index contributed by atoms with van der Waals surface area (Å²) in [4.78, 5) is 25.4. The monoisotopic (exact) mass is 444 g/mol. The molecule has 4 saturated carbocycles. The third kappa shape index (κ3) is 4.09. The number of unbranched alkanes of at least 4 members (excludes halogenated alkanes) is 3. The van der Waals surface area contributed by atoms with Crippen molar-refractivity contribution >= 4 is 11.8 Å². The van der Waals surface area contributed by atoms with Gasteiger partial charge < -0.3 is 4.74 Å². The number of Topliss-reactive ketones (excluding diaryl/α,β-unsaturated/α-hetero) is 1. The number of ketones is 1. The molecule has 9 atom stereocenters. The second-order valence-corrected chi connectivity index (χ2v) is 12.6. The standard InChI is InChI=1S/C29H48O3/c1-6-7-8-9-10-19(2)24-13-14-25-23-12-11-21-17-22(32-20(3)30)15-16-28(21,4)26(23)18-27(31)29(24,25)5/h19,21-26H,6-18H2,1-5H3. The highest BCUT2D eigenvalue weighted by Gasteiger charge is 2.64. The smallest absolute Gasteiger partial charge is 0.302 e. The van der Waals surface area contributed by atoms with Gasteiger partial charge in [0.15, 0.2) is 0 Å². The summed E-state index contributed by atoms with van der Waals surface area (Å²) < 4.78 is 5.61. The van der Waals surface area contributed by atoms with Crippen LogP contribution in [-0.4, -0.2) is 17.9 Å². The molecule has 0 heterocycles. The minimum absolute atomic E-state index is 0.0799. The summed E-state index contributed by atoms with van der Waals surface area (Å²) >= 11 is 0. The number of hydrogen-bond donors (Lipinski definition) is 0. The third-order valence-electron chi connectivity index (χ3n) is 11.1. The normalized spacial score (nSPS) is 44.3. The largest absolute Gasteiger partial charge is 0.463 e. The average molecular weight is 445 g/mol. The first-order valence-corrected chi connectivity index (χ1v) is 13.9. The summed E-state index contributed by atoms with van der Waals surface area (Å²) in [5, 5.41) is 0. The molecule has 4 aliphatic carbocycles. The molecule has 182 valence electrons. The second-order valence-electron chi connectivity index (χ2n) is 12.6. The summed E-state index contributed by atoms with van der Waals surface area (Å²) in [6.45, 7) is 11.1. The summed E-state index contributed by atoms with van der Waals surface area (Å²) in [5.74, 6) is 4.19. The molecule has 0 aromatic heterocycles.